The number of aromatic nitrogens is 1. The van der Waals surface area contributed by atoms with E-state index in [4.69, 9.17) is 9.15 Å². The third-order valence-electron chi connectivity index (χ3n) is 4.85. The van der Waals surface area contributed by atoms with Crippen LogP contribution in [-0.2, 0) is 6.54 Å². The molecule has 6 heteroatoms. The molecule has 1 saturated heterocycles. The third kappa shape index (κ3) is 4.02. The first-order chi connectivity index (χ1) is 13.2. The zero-order valence-corrected chi connectivity index (χ0v) is 15.2. The number of hydrogen-bond donors (Lipinski definition) is 1. The van der Waals surface area contributed by atoms with Gasteiger partial charge in [-0.05, 0) is 42.0 Å². The molecule has 1 aromatic heterocycles. The van der Waals surface area contributed by atoms with Gasteiger partial charge in [-0.25, -0.2) is 9.37 Å². The zero-order valence-electron chi connectivity index (χ0n) is 15.2. The minimum absolute atomic E-state index is 0.0887. The molecule has 1 aliphatic heterocycles. The van der Waals surface area contributed by atoms with E-state index in [9.17, 15) is 4.39 Å². The molecular weight excluding hydrogens is 345 g/mol. The molecule has 0 spiro atoms. The van der Waals surface area contributed by atoms with Crippen LogP contribution in [0.5, 0.6) is 5.75 Å². The summed E-state index contributed by atoms with van der Waals surface area (Å²) in [7, 11) is 1.64. The summed E-state index contributed by atoms with van der Waals surface area (Å²) in [5.41, 5.74) is 1.92. The second-order valence-corrected chi connectivity index (χ2v) is 6.59. The van der Waals surface area contributed by atoms with Crippen LogP contribution in [0.4, 0.5) is 4.39 Å². The average Bonchev–Trinajstić information content (AvgIpc) is 3.17. The van der Waals surface area contributed by atoms with Gasteiger partial charge in [0.15, 0.2) is 5.76 Å². The lowest BCUT2D eigenvalue weighted by atomic mass is 10.0. The van der Waals surface area contributed by atoms with Gasteiger partial charge < -0.3 is 14.5 Å². The Morgan fingerprint density at radius 1 is 1.26 bits per heavy atom. The largest absolute Gasteiger partial charge is 0.497 e. The molecule has 4 rings (SSSR count). The van der Waals surface area contributed by atoms with Crippen LogP contribution in [0.2, 0.25) is 0 Å². The van der Waals surface area contributed by atoms with Gasteiger partial charge in [-0.15, -0.1) is 0 Å². The van der Waals surface area contributed by atoms with E-state index in [1.807, 2.05) is 30.3 Å². The average molecular weight is 367 g/mol. The highest BCUT2D eigenvalue weighted by molar-refractivity contribution is 5.57. The molecule has 27 heavy (non-hydrogen) atoms. The maximum Gasteiger partial charge on any atom is 0.209 e. The van der Waals surface area contributed by atoms with Crippen LogP contribution in [-0.4, -0.2) is 36.6 Å². The van der Waals surface area contributed by atoms with Crippen molar-refractivity contribution in [1.29, 1.82) is 0 Å². The molecule has 5 nitrogen and oxygen atoms in total. The fourth-order valence-electron chi connectivity index (χ4n) is 3.42. The molecule has 1 aliphatic rings. The molecule has 0 bridgehead atoms. The molecule has 140 valence electrons. The summed E-state index contributed by atoms with van der Waals surface area (Å²) in [5, 5.41) is 3.38. The molecular formula is C21H22FN3O2. The molecule has 0 radical (unpaired) electrons. The first kappa shape index (κ1) is 17.7. The summed E-state index contributed by atoms with van der Waals surface area (Å²) in [6.07, 6.45) is 1.75. The van der Waals surface area contributed by atoms with Crippen LogP contribution in [0.3, 0.4) is 0 Å². The second kappa shape index (κ2) is 7.90. The molecule has 2 heterocycles. The summed E-state index contributed by atoms with van der Waals surface area (Å²) >= 11 is 0. The molecule has 3 aromatic rings. The van der Waals surface area contributed by atoms with Gasteiger partial charge in [0, 0.05) is 31.2 Å². The lowest BCUT2D eigenvalue weighted by Crippen LogP contribution is -2.45. The summed E-state index contributed by atoms with van der Waals surface area (Å²) in [4.78, 5) is 6.71. The lowest BCUT2D eigenvalue weighted by Gasteiger charge is -2.35. The Hall–Kier alpha value is -2.70. The quantitative estimate of drug-likeness (QED) is 0.746. The van der Waals surface area contributed by atoms with Crippen molar-refractivity contribution in [1.82, 2.24) is 15.2 Å². The number of methoxy groups -OCH3 is 1. The van der Waals surface area contributed by atoms with E-state index in [-0.39, 0.29) is 11.9 Å². The number of halogens is 1. The highest BCUT2D eigenvalue weighted by Crippen LogP contribution is 2.27. The SMILES string of the molecule is COc1ccc(-c2cnc(CN3CCNCC3c3cccc(F)c3)o2)cc1. The van der Waals surface area contributed by atoms with Gasteiger partial charge in [-0.2, -0.15) is 0 Å². The topological polar surface area (TPSA) is 50.5 Å². The Morgan fingerprint density at radius 2 is 2.11 bits per heavy atom. The van der Waals surface area contributed by atoms with Gasteiger partial charge in [0.2, 0.25) is 5.89 Å². The monoisotopic (exact) mass is 367 g/mol. The van der Waals surface area contributed by atoms with Gasteiger partial charge in [-0.1, -0.05) is 12.1 Å². The van der Waals surface area contributed by atoms with E-state index in [1.54, 1.807) is 25.4 Å². The molecule has 1 N–H and O–H groups in total. The first-order valence-corrected chi connectivity index (χ1v) is 9.02. The molecule has 1 fully saturated rings. The van der Waals surface area contributed by atoms with Crippen molar-refractivity contribution in [2.45, 2.75) is 12.6 Å². The standard InChI is InChI=1S/C21H22FN3O2/c1-26-18-7-5-15(6-8-18)20-13-24-21(27-20)14-25-10-9-23-12-19(25)16-3-2-4-17(22)11-16/h2-8,11,13,19,23H,9-10,12,14H2,1H3. The Kier molecular flexibility index (Phi) is 5.18. The van der Waals surface area contributed by atoms with Gasteiger partial charge in [0.25, 0.3) is 0 Å². The smallest absolute Gasteiger partial charge is 0.209 e. The van der Waals surface area contributed by atoms with E-state index < -0.39 is 0 Å². The van der Waals surface area contributed by atoms with Crippen molar-refractivity contribution in [2.24, 2.45) is 0 Å². The van der Waals surface area contributed by atoms with Gasteiger partial charge >= 0.3 is 0 Å². The highest BCUT2D eigenvalue weighted by atomic mass is 19.1. The number of ether oxygens (including phenoxy) is 1. The number of rotatable bonds is 5. The van der Waals surface area contributed by atoms with Crippen LogP contribution in [0.25, 0.3) is 11.3 Å². The Morgan fingerprint density at radius 3 is 2.89 bits per heavy atom. The normalized spacial score (nSPS) is 17.8. The van der Waals surface area contributed by atoms with Crippen molar-refractivity contribution < 1.29 is 13.5 Å². The molecule has 0 aliphatic carbocycles. The van der Waals surface area contributed by atoms with Crippen molar-refractivity contribution in [2.75, 3.05) is 26.7 Å². The number of nitrogens with one attached hydrogen (secondary N) is 1. The van der Waals surface area contributed by atoms with Crippen molar-refractivity contribution in [3.63, 3.8) is 0 Å². The molecule has 0 amide bonds. The summed E-state index contributed by atoms with van der Waals surface area (Å²) < 4.78 is 24.8. The second-order valence-electron chi connectivity index (χ2n) is 6.59. The van der Waals surface area contributed by atoms with E-state index in [1.165, 1.54) is 6.07 Å². The zero-order chi connectivity index (χ0) is 18.6. The van der Waals surface area contributed by atoms with E-state index in [0.29, 0.717) is 12.4 Å². The Bertz CT molecular complexity index is 894. The van der Waals surface area contributed by atoms with Crippen LogP contribution < -0.4 is 10.1 Å². The van der Waals surface area contributed by atoms with E-state index in [2.05, 4.69) is 15.2 Å². The fraction of sp³-hybridized carbons (Fsp3) is 0.286. The van der Waals surface area contributed by atoms with Crippen LogP contribution in [0, 0.1) is 5.82 Å². The predicted molar refractivity (Wildman–Crippen MR) is 101 cm³/mol. The van der Waals surface area contributed by atoms with E-state index >= 15 is 0 Å². The van der Waals surface area contributed by atoms with Crippen LogP contribution >= 0.6 is 0 Å². The van der Waals surface area contributed by atoms with Crippen molar-refractivity contribution >= 4 is 0 Å². The molecule has 2 aromatic carbocycles. The third-order valence-corrected chi connectivity index (χ3v) is 4.85. The Balaban J connectivity index is 1.51. The molecule has 1 atom stereocenters. The number of hydrogen-bond acceptors (Lipinski definition) is 5. The van der Waals surface area contributed by atoms with Gasteiger partial charge in [0.05, 0.1) is 19.9 Å². The van der Waals surface area contributed by atoms with Crippen LogP contribution in [0.1, 0.15) is 17.5 Å². The maximum absolute atomic E-state index is 13.6. The lowest BCUT2D eigenvalue weighted by molar-refractivity contribution is 0.140. The van der Waals surface area contributed by atoms with Gasteiger partial charge in [0.1, 0.15) is 11.6 Å². The van der Waals surface area contributed by atoms with E-state index in [0.717, 1.165) is 42.3 Å². The highest BCUT2D eigenvalue weighted by Gasteiger charge is 2.25. The minimum atomic E-state index is -0.212. The summed E-state index contributed by atoms with van der Waals surface area (Å²) in [6.45, 7) is 3.09. The number of oxazole rings is 1. The van der Waals surface area contributed by atoms with Gasteiger partial charge in [-0.3, -0.25) is 4.90 Å². The number of benzene rings is 2. The predicted octanol–water partition coefficient (Wildman–Crippen LogP) is 3.64. The first-order valence-electron chi connectivity index (χ1n) is 9.02. The number of piperazine rings is 1. The van der Waals surface area contributed by atoms with Crippen molar-refractivity contribution in [3.8, 4) is 17.1 Å². The molecule has 1 unspecified atom stereocenters. The summed E-state index contributed by atoms with van der Waals surface area (Å²) in [6, 6.07) is 14.6. The molecule has 0 saturated carbocycles. The van der Waals surface area contributed by atoms with Crippen molar-refractivity contribution in [3.05, 3.63) is 72.0 Å². The van der Waals surface area contributed by atoms with Crippen LogP contribution in [0.15, 0.2) is 59.1 Å². The summed E-state index contributed by atoms with van der Waals surface area (Å²) in [5.74, 6) is 1.97. The number of nitrogens with zero attached hydrogens (tertiary/aromatic N) is 2. The maximum atomic E-state index is 13.6. The Labute approximate surface area is 157 Å². The fourth-order valence-corrected chi connectivity index (χ4v) is 3.42. The minimum Gasteiger partial charge on any atom is -0.497 e.